The Morgan fingerprint density at radius 1 is 1.00 bits per heavy atom. The van der Waals surface area contributed by atoms with Crippen molar-refractivity contribution < 1.29 is 19.1 Å². The van der Waals surface area contributed by atoms with Crippen LogP contribution >= 0.6 is 0 Å². The van der Waals surface area contributed by atoms with Crippen LogP contribution in [0.5, 0.6) is 0 Å². The van der Waals surface area contributed by atoms with Gasteiger partial charge in [0.05, 0.1) is 13.7 Å². The molecule has 2 amide bonds. The average molecular weight is 363 g/mol. The van der Waals surface area contributed by atoms with Gasteiger partial charge in [-0.1, -0.05) is 42.7 Å². The first-order valence-electron chi connectivity index (χ1n) is 8.90. The lowest BCUT2D eigenvalue weighted by atomic mass is 10.2. The van der Waals surface area contributed by atoms with Crippen LogP contribution in [-0.2, 0) is 9.47 Å². The molecule has 0 bridgehead atoms. The summed E-state index contributed by atoms with van der Waals surface area (Å²) in [6.45, 7) is 3.92. The fourth-order valence-corrected chi connectivity index (χ4v) is 2.12. The number of ether oxygens (including phenoxy) is 2. The van der Waals surface area contributed by atoms with Crippen molar-refractivity contribution in [3.8, 4) is 0 Å². The number of amides is 2. The van der Waals surface area contributed by atoms with E-state index in [0.29, 0.717) is 19.6 Å². The van der Waals surface area contributed by atoms with Gasteiger partial charge in [0.25, 0.3) is 0 Å². The predicted octanol–water partition coefficient (Wildman–Crippen LogP) is 3.06. The molecule has 26 heavy (non-hydrogen) atoms. The molecule has 0 heterocycles. The third-order valence-electron chi connectivity index (χ3n) is 3.60. The van der Waals surface area contributed by atoms with Gasteiger partial charge >= 0.3 is 12.2 Å². The summed E-state index contributed by atoms with van der Waals surface area (Å²) >= 11 is 0. The molecule has 0 aromatic heterocycles. The number of rotatable bonds is 11. The fourth-order valence-electron chi connectivity index (χ4n) is 2.12. The molecule has 7 nitrogen and oxygen atoms in total. The number of unbranched alkanes of at least 4 members (excludes halogenated alkanes) is 3. The van der Waals surface area contributed by atoms with Crippen LogP contribution in [0.3, 0.4) is 0 Å². The van der Waals surface area contributed by atoms with Crippen LogP contribution in [0.15, 0.2) is 29.3 Å². The van der Waals surface area contributed by atoms with E-state index in [1.165, 1.54) is 12.7 Å². The number of benzene rings is 1. The Hall–Kier alpha value is -2.57. The Balaban J connectivity index is 1.94. The summed E-state index contributed by atoms with van der Waals surface area (Å²) in [5, 5.41) is 5.34. The fraction of sp³-hybridized carbons (Fsp3) is 0.526. The molecule has 1 rings (SSSR count). The number of nitrogens with one attached hydrogen (secondary N) is 2. The van der Waals surface area contributed by atoms with Crippen molar-refractivity contribution in [1.82, 2.24) is 10.6 Å². The van der Waals surface area contributed by atoms with Crippen molar-refractivity contribution in [3.63, 3.8) is 0 Å². The summed E-state index contributed by atoms with van der Waals surface area (Å²) in [6, 6.07) is 8.05. The number of carbonyl (C=O) groups excluding carboxylic acids is 2. The maximum absolute atomic E-state index is 11.5. The molecule has 0 aliphatic heterocycles. The van der Waals surface area contributed by atoms with Crippen LogP contribution in [-0.4, -0.2) is 51.8 Å². The van der Waals surface area contributed by atoms with E-state index in [0.717, 1.165) is 31.2 Å². The number of aliphatic imine (C=N–C) groups is 1. The van der Waals surface area contributed by atoms with E-state index in [1.807, 2.05) is 31.2 Å². The Bertz CT molecular complexity index is 558. The molecular formula is C19H29N3O4. The first kappa shape index (κ1) is 21.5. The highest BCUT2D eigenvalue weighted by molar-refractivity contribution is 5.79. The van der Waals surface area contributed by atoms with Crippen LogP contribution in [0.25, 0.3) is 0 Å². The lowest BCUT2D eigenvalue weighted by Gasteiger charge is -2.06. The zero-order chi connectivity index (χ0) is 19.0. The Morgan fingerprint density at radius 3 is 2.23 bits per heavy atom. The van der Waals surface area contributed by atoms with Crippen LogP contribution < -0.4 is 10.6 Å². The molecule has 2 N–H and O–H groups in total. The Kier molecular flexibility index (Phi) is 11.3. The normalized spacial score (nSPS) is 10.5. The van der Waals surface area contributed by atoms with Crippen molar-refractivity contribution in [2.75, 3.05) is 33.4 Å². The van der Waals surface area contributed by atoms with Crippen LogP contribution in [0, 0.1) is 6.92 Å². The highest BCUT2D eigenvalue weighted by Crippen LogP contribution is 2.00. The molecule has 0 fully saturated rings. The smallest absolute Gasteiger partial charge is 0.407 e. The van der Waals surface area contributed by atoms with Gasteiger partial charge in [-0.05, 0) is 25.3 Å². The van der Waals surface area contributed by atoms with Gasteiger partial charge in [-0.15, -0.1) is 0 Å². The number of carbonyl (C=O) groups is 2. The number of hydrogen-bond donors (Lipinski definition) is 2. The molecule has 0 unspecified atom stereocenters. The minimum atomic E-state index is -0.414. The number of methoxy groups -OCH3 is 1. The largest absolute Gasteiger partial charge is 0.453 e. The quantitative estimate of drug-likeness (QED) is 0.467. The average Bonchev–Trinajstić information content (AvgIpc) is 2.64. The van der Waals surface area contributed by atoms with E-state index < -0.39 is 12.2 Å². The summed E-state index contributed by atoms with van der Waals surface area (Å²) in [4.78, 5) is 26.6. The maximum atomic E-state index is 11.5. The molecule has 0 saturated heterocycles. The second-order valence-corrected chi connectivity index (χ2v) is 5.84. The molecular weight excluding hydrogens is 334 g/mol. The molecule has 0 atom stereocenters. The number of aryl methyl sites for hydroxylation is 1. The van der Waals surface area contributed by atoms with Crippen LogP contribution in [0.4, 0.5) is 9.59 Å². The second kappa shape index (κ2) is 13.7. The van der Waals surface area contributed by atoms with Crippen molar-refractivity contribution in [1.29, 1.82) is 0 Å². The second-order valence-electron chi connectivity index (χ2n) is 5.84. The minimum Gasteiger partial charge on any atom is -0.453 e. The lowest BCUT2D eigenvalue weighted by molar-refractivity contribution is 0.149. The summed E-state index contributed by atoms with van der Waals surface area (Å²) in [5.41, 5.74) is 2.24. The van der Waals surface area contributed by atoms with Gasteiger partial charge in [0.15, 0.2) is 0 Å². The summed E-state index contributed by atoms with van der Waals surface area (Å²) in [7, 11) is 1.34. The third-order valence-corrected chi connectivity index (χ3v) is 3.60. The highest BCUT2D eigenvalue weighted by Gasteiger charge is 2.00. The van der Waals surface area contributed by atoms with Crippen molar-refractivity contribution in [2.45, 2.75) is 32.6 Å². The molecule has 7 heteroatoms. The van der Waals surface area contributed by atoms with Crippen molar-refractivity contribution in [3.05, 3.63) is 35.4 Å². The zero-order valence-corrected chi connectivity index (χ0v) is 15.6. The third kappa shape index (κ3) is 11.1. The van der Waals surface area contributed by atoms with Crippen molar-refractivity contribution >= 4 is 18.4 Å². The number of alkyl carbamates (subject to hydrolysis) is 2. The first-order valence-corrected chi connectivity index (χ1v) is 8.90. The molecule has 144 valence electrons. The van der Waals surface area contributed by atoms with Gasteiger partial charge in [-0.2, -0.15) is 0 Å². The highest BCUT2D eigenvalue weighted by atomic mass is 16.5. The lowest BCUT2D eigenvalue weighted by Crippen LogP contribution is -2.26. The van der Waals surface area contributed by atoms with Gasteiger partial charge in [0.2, 0.25) is 0 Å². The zero-order valence-electron chi connectivity index (χ0n) is 15.6. The van der Waals surface area contributed by atoms with Crippen LogP contribution in [0.1, 0.15) is 36.8 Å². The van der Waals surface area contributed by atoms with E-state index in [2.05, 4.69) is 20.4 Å². The molecule has 1 aromatic rings. The summed E-state index contributed by atoms with van der Waals surface area (Å²) in [5.74, 6) is 0. The monoisotopic (exact) mass is 363 g/mol. The van der Waals surface area contributed by atoms with Gasteiger partial charge in [0, 0.05) is 19.3 Å². The first-order chi connectivity index (χ1) is 12.6. The topological polar surface area (TPSA) is 89.0 Å². The molecule has 0 radical (unpaired) electrons. The van der Waals surface area contributed by atoms with E-state index >= 15 is 0 Å². The number of nitrogens with zero attached hydrogens (tertiary/aromatic N) is 1. The minimum absolute atomic E-state index is 0.257. The number of hydrogen-bond acceptors (Lipinski definition) is 5. The molecule has 0 saturated carbocycles. The van der Waals surface area contributed by atoms with Crippen molar-refractivity contribution in [2.24, 2.45) is 4.99 Å². The summed E-state index contributed by atoms with van der Waals surface area (Å²) in [6.07, 6.45) is 4.67. The van der Waals surface area contributed by atoms with Gasteiger partial charge in [-0.3, -0.25) is 4.99 Å². The van der Waals surface area contributed by atoms with Crippen LogP contribution in [0.2, 0.25) is 0 Å². The molecule has 0 spiro atoms. The van der Waals surface area contributed by atoms with Gasteiger partial charge in [0.1, 0.15) is 6.61 Å². The van der Waals surface area contributed by atoms with E-state index in [1.54, 1.807) is 6.21 Å². The molecule has 1 aromatic carbocycles. The van der Waals surface area contributed by atoms with E-state index in [9.17, 15) is 9.59 Å². The predicted molar refractivity (Wildman–Crippen MR) is 102 cm³/mol. The Morgan fingerprint density at radius 2 is 1.62 bits per heavy atom. The van der Waals surface area contributed by atoms with E-state index in [-0.39, 0.29) is 6.61 Å². The summed E-state index contributed by atoms with van der Waals surface area (Å²) < 4.78 is 9.53. The molecule has 0 aliphatic rings. The van der Waals surface area contributed by atoms with Gasteiger partial charge < -0.3 is 20.1 Å². The van der Waals surface area contributed by atoms with Gasteiger partial charge in [-0.25, -0.2) is 9.59 Å². The Labute approximate surface area is 155 Å². The molecule has 0 aliphatic carbocycles. The SMILES string of the molecule is COC(=O)NCCCCCCNC(=O)OCC/N=C/c1ccc(C)cc1. The van der Waals surface area contributed by atoms with E-state index in [4.69, 9.17) is 4.74 Å². The maximum Gasteiger partial charge on any atom is 0.407 e. The standard InChI is InChI=1S/C19H29N3O4/c1-16-7-9-17(10-8-16)15-20-13-14-26-19(24)22-12-6-4-3-5-11-21-18(23)25-2/h7-10,15H,3-6,11-14H2,1-2H3,(H,21,23)(H,22,24)/b20-15+.